The molecule has 1 aliphatic rings. The van der Waals surface area contributed by atoms with Gasteiger partial charge in [0.15, 0.2) is 0 Å². The molecule has 1 saturated heterocycles. The molecule has 0 radical (unpaired) electrons. The Labute approximate surface area is 107 Å². The predicted octanol–water partition coefficient (Wildman–Crippen LogP) is 1.83. The summed E-state index contributed by atoms with van der Waals surface area (Å²) in [5.41, 5.74) is 3.09. The maximum Gasteiger partial charge on any atom is 0.311 e. The quantitative estimate of drug-likeness (QED) is 0.749. The van der Waals surface area contributed by atoms with E-state index in [9.17, 15) is 9.59 Å². The molecule has 1 heterocycles. The Bertz CT molecular complexity index is 476. The first-order valence-electron chi connectivity index (χ1n) is 5.97. The molecule has 1 amide bonds. The summed E-state index contributed by atoms with van der Waals surface area (Å²) >= 11 is 0. The highest BCUT2D eigenvalue weighted by atomic mass is 16.5. The molecule has 0 bridgehead atoms. The largest absolute Gasteiger partial charge is 0.469 e. The van der Waals surface area contributed by atoms with Crippen LogP contribution in [0, 0.1) is 19.8 Å². The Morgan fingerprint density at radius 2 is 1.89 bits per heavy atom. The molecule has 2 rings (SSSR count). The fourth-order valence-electron chi connectivity index (χ4n) is 2.39. The van der Waals surface area contributed by atoms with Gasteiger partial charge < -0.3 is 9.64 Å². The number of esters is 1. The fraction of sp³-hybridized carbons (Fsp3) is 0.429. The third-order valence-electron chi connectivity index (χ3n) is 3.18. The van der Waals surface area contributed by atoms with Gasteiger partial charge in [0.1, 0.15) is 0 Å². The normalized spacial score (nSPS) is 19.2. The van der Waals surface area contributed by atoms with Crippen LogP contribution in [0.2, 0.25) is 0 Å². The second-order valence-corrected chi connectivity index (χ2v) is 4.77. The minimum atomic E-state index is -0.344. The molecule has 0 aromatic heterocycles. The molecule has 4 nitrogen and oxygen atoms in total. The highest BCUT2D eigenvalue weighted by Gasteiger charge is 2.35. The van der Waals surface area contributed by atoms with Crippen molar-refractivity contribution in [2.24, 2.45) is 5.92 Å². The van der Waals surface area contributed by atoms with Gasteiger partial charge in [0.25, 0.3) is 0 Å². The first kappa shape index (κ1) is 12.6. The number of benzene rings is 1. The van der Waals surface area contributed by atoms with E-state index in [0.717, 1.165) is 16.8 Å². The molecule has 4 heteroatoms. The van der Waals surface area contributed by atoms with E-state index < -0.39 is 0 Å². The van der Waals surface area contributed by atoms with Crippen LogP contribution in [0.5, 0.6) is 0 Å². The van der Waals surface area contributed by atoms with Crippen molar-refractivity contribution in [1.29, 1.82) is 0 Å². The molecular weight excluding hydrogens is 230 g/mol. The van der Waals surface area contributed by atoms with Crippen LogP contribution in [0.1, 0.15) is 17.5 Å². The monoisotopic (exact) mass is 247 g/mol. The molecule has 96 valence electrons. The second-order valence-electron chi connectivity index (χ2n) is 4.77. The molecule has 1 aromatic carbocycles. The van der Waals surface area contributed by atoms with E-state index in [1.807, 2.05) is 26.0 Å². The maximum atomic E-state index is 11.9. The summed E-state index contributed by atoms with van der Waals surface area (Å²) in [7, 11) is 1.35. The van der Waals surface area contributed by atoms with E-state index in [0.29, 0.717) is 6.54 Å². The van der Waals surface area contributed by atoms with E-state index in [1.165, 1.54) is 7.11 Å². The summed E-state index contributed by atoms with van der Waals surface area (Å²) < 4.78 is 4.70. The number of rotatable bonds is 2. The number of carbonyl (C=O) groups is 2. The van der Waals surface area contributed by atoms with Gasteiger partial charge in [-0.1, -0.05) is 6.07 Å². The zero-order chi connectivity index (χ0) is 13.3. The first-order chi connectivity index (χ1) is 8.51. The standard InChI is InChI=1S/C14H17NO3/c1-9-4-10(2)6-12(5-9)15-8-11(7-13(15)16)14(17)18-3/h4-6,11H,7-8H2,1-3H3. The van der Waals surface area contributed by atoms with Gasteiger partial charge in [0, 0.05) is 18.7 Å². The van der Waals surface area contributed by atoms with Crippen LogP contribution in [0.4, 0.5) is 5.69 Å². The highest BCUT2D eigenvalue weighted by Crippen LogP contribution is 2.27. The zero-order valence-electron chi connectivity index (χ0n) is 10.9. The molecular formula is C14H17NO3. The number of hydrogen-bond donors (Lipinski definition) is 0. The SMILES string of the molecule is COC(=O)C1CC(=O)N(c2cc(C)cc(C)c2)C1. The highest BCUT2D eigenvalue weighted by molar-refractivity contribution is 5.99. The number of anilines is 1. The Morgan fingerprint density at radius 1 is 1.28 bits per heavy atom. The molecule has 1 aliphatic heterocycles. The van der Waals surface area contributed by atoms with E-state index in [2.05, 4.69) is 6.07 Å². The van der Waals surface area contributed by atoms with Gasteiger partial charge in [-0.2, -0.15) is 0 Å². The molecule has 0 aliphatic carbocycles. The first-order valence-corrected chi connectivity index (χ1v) is 5.97. The molecule has 0 spiro atoms. The van der Waals surface area contributed by atoms with Crippen molar-refractivity contribution in [3.63, 3.8) is 0 Å². The lowest BCUT2D eigenvalue weighted by Gasteiger charge is -2.17. The number of ether oxygens (including phenoxy) is 1. The van der Waals surface area contributed by atoms with Crippen LogP contribution < -0.4 is 4.90 Å². The van der Waals surface area contributed by atoms with Crippen LogP contribution in [0.3, 0.4) is 0 Å². The number of nitrogens with zero attached hydrogens (tertiary/aromatic N) is 1. The van der Waals surface area contributed by atoms with Crippen LogP contribution in [0.15, 0.2) is 18.2 Å². The smallest absolute Gasteiger partial charge is 0.311 e. The summed E-state index contributed by atoms with van der Waals surface area (Å²) in [6, 6.07) is 5.98. The van der Waals surface area contributed by atoms with E-state index in [-0.39, 0.29) is 24.2 Å². The Hall–Kier alpha value is -1.84. The van der Waals surface area contributed by atoms with E-state index in [4.69, 9.17) is 4.74 Å². The van der Waals surface area contributed by atoms with Crippen molar-refractivity contribution < 1.29 is 14.3 Å². The lowest BCUT2D eigenvalue weighted by Crippen LogP contribution is -2.26. The van der Waals surface area contributed by atoms with Gasteiger partial charge in [-0.3, -0.25) is 9.59 Å². The number of carbonyl (C=O) groups excluding carboxylic acids is 2. The van der Waals surface area contributed by atoms with Gasteiger partial charge in [0.2, 0.25) is 5.91 Å². The van der Waals surface area contributed by atoms with Crippen molar-refractivity contribution in [1.82, 2.24) is 0 Å². The van der Waals surface area contributed by atoms with Gasteiger partial charge in [-0.05, 0) is 37.1 Å². The van der Waals surface area contributed by atoms with Crippen molar-refractivity contribution in [2.45, 2.75) is 20.3 Å². The number of hydrogen-bond acceptors (Lipinski definition) is 3. The lowest BCUT2D eigenvalue weighted by atomic mass is 10.1. The average Bonchev–Trinajstić information content (AvgIpc) is 2.69. The minimum absolute atomic E-state index is 0.0181. The molecule has 18 heavy (non-hydrogen) atoms. The Kier molecular flexibility index (Phi) is 3.36. The van der Waals surface area contributed by atoms with Crippen molar-refractivity contribution >= 4 is 17.6 Å². The van der Waals surface area contributed by atoms with Crippen LogP contribution in [-0.4, -0.2) is 25.5 Å². The summed E-state index contributed by atoms with van der Waals surface area (Å²) in [4.78, 5) is 25.1. The minimum Gasteiger partial charge on any atom is -0.469 e. The molecule has 1 fully saturated rings. The number of amides is 1. The van der Waals surface area contributed by atoms with Crippen LogP contribution in [-0.2, 0) is 14.3 Å². The van der Waals surface area contributed by atoms with Crippen LogP contribution >= 0.6 is 0 Å². The third kappa shape index (κ3) is 2.37. The predicted molar refractivity (Wildman–Crippen MR) is 68.4 cm³/mol. The Morgan fingerprint density at radius 3 is 2.44 bits per heavy atom. The summed E-state index contributed by atoms with van der Waals surface area (Å²) in [6.45, 7) is 4.40. The summed E-state index contributed by atoms with van der Waals surface area (Å²) in [5, 5.41) is 0. The van der Waals surface area contributed by atoms with Crippen molar-refractivity contribution in [3.05, 3.63) is 29.3 Å². The van der Waals surface area contributed by atoms with E-state index >= 15 is 0 Å². The zero-order valence-corrected chi connectivity index (χ0v) is 10.9. The topological polar surface area (TPSA) is 46.6 Å². The third-order valence-corrected chi connectivity index (χ3v) is 3.18. The Balaban J connectivity index is 2.24. The van der Waals surface area contributed by atoms with Gasteiger partial charge in [-0.25, -0.2) is 0 Å². The van der Waals surface area contributed by atoms with Crippen molar-refractivity contribution in [3.8, 4) is 0 Å². The fourth-order valence-corrected chi connectivity index (χ4v) is 2.39. The lowest BCUT2D eigenvalue weighted by molar-refractivity contribution is -0.145. The molecule has 1 unspecified atom stereocenters. The van der Waals surface area contributed by atoms with Gasteiger partial charge in [-0.15, -0.1) is 0 Å². The average molecular weight is 247 g/mol. The van der Waals surface area contributed by atoms with Gasteiger partial charge >= 0.3 is 5.97 Å². The summed E-state index contributed by atoms with van der Waals surface area (Å²) in [6.07, 6.45) is 0.236. The van der Waals surface area contributed by atoms with E-state index in [1.54, 1.807) is 4.90 Å². The number of aryl methyl sites for hydroxylation is 2. The van der Waals surface area contributed by atoms with Gasteiger partial charge in [0.05, 0.1) is 13.0 Å². The molecule has 0 N–H and O–H groups in total. The summed E-state index contributed by atoms with van der Waals surface area (Å²) in [5.74, 6) is -0.672. The molecule has 1 aromatic rings. The number of methoxy groups -OCH3 is 1. The van der Waals surface area contributed by atoms with Crippen LogP contribution in [0.25, 0.3) is 0 Å². The maximum absolute atomic E-state index is 11.9. The molecule has 1 atom stereocenters. The molecule has 0 saturated carbocycles. The second kappa shape index (κ2) is 4.80. The van der Waals surface area contributed by atoms with Crippen molar-refractivity contribution in [2.75, 3.05) is 18.6 Å².